The van der Waals surface area contributed by atoms with Gasteiger partial charge in [0.05, 0.1) is 50.1 Å². The maximum absolute atomic E-state index is 7.05. The van der Waals surface area contributed by atoms with E-state index in [4.69, 9.17) is 54.2 Å². The van der Waals surface area contributed by atoms with Crippen LogP contribution in [-0.4, -0.2) is 45.7 Å². The highest BCUT2D eigenvalue weighted by molar-refractivity contribution is 6.34. The fourth-order valence-electron chi connectivity index (χ4n) is 6.62. The van der Waals surface area contributed by atoms with Gasteiger partial charge in [-0.05, 0) is 50.1 Å². The summed E-state index contributed by atoms with van der Waals surface area (Å²) in [6.07, 6.45) is 0.818. The largest absolute Gasteiger partial charge is 0.379 e. The minimum atomic E-state index is -0.199. The van der Waals surface area contributed by atoms with Crippen molar-refractivity contribution in [1.29, 1.82) is 0 Å². The number of benzene rings is 5. The maximum Gasteiger partial charge on any atom is 0.162 e. The van der Waals surface area contributed by atoms with Crippen molar-refractivity contribution >= 4 is 34.8 Å². The average Bonchev–Trinajstić information content (AvgIpc) is 3.75. The summed E-state index contributed by atoms with van der Waals surface area (Å²) in [5.41, 5.74) is 7.46. The molecule has 2 heterocycles. The zero-order valence-corrected chi connectivity index (χ0v) is 31.3. The van der Waals surface area contributed by atoms with Crippen molar-refractivity contribution in [2.45, 2.75) is 32.0 Å². The van der Waals surface area contributed by atoms with Gasteiger partial charge in [-0.1, -0.05) is 138 Å². The van der Waals surface area contributed by atoms with Crippen molar-refractivity contribution < 1.29 is 9.47 Å². The molecule has 0 aliphatic heterocycles. The molecule has 2 aromatic heterocycles. The summed E-state index contributed by atoms with van der Waals surface area (Å²) in [5, 5.41) is 1.70. The highest BCUT2D eigenvalue weighted by Gasteiger charge is 2.31. The molecule has 0 fully saturated rings. The molecule has 0 N–H and O–H groups in total. The summed E-state index contributed by atoms with van der Waals surface area (Å²) in [7, 11) is 3.41. The summed E-state index contributed by atoms with van der Waals surface area (Å²) >= 11 is 21.1. The Hall–Kier alpha value is -4.69. The lowest BCUT2D eigenvalue weighted by molar-refractivity contribution is -0.0297. The molecule has 9 heteroatoms. The van der Waals surface area contributed by atoms with Crippen LogP contribution in [0.5, 0.6) is 0 Å². The first kappa shape index (κ1) is 35.7. The van der Waals surface area contributed by atoms with Crippen molar-refractivity contribution in [3.8, 4) is 56.5 Å². The summed E-state index contributed by atoms with van der Waals surface area (Å²) in [4.78, 5) is 10.9. The molecular weight excluding hydrogens is 711 g/mol. The predicted octanol–water partition coefficient (Wildman–Crippen LogP) is 11.7. The number of hydrogen-bond acceptors (Lipinski definition) is 4. The Balaban J connectivity index is 1.67. The van der Waals surface area contributed by atoms with Crippen molar-refractivity contribution in [3.05, 3.63) is 154 Å². The second-order valence-corrected chi connectivity index (χ2v) is 13.6. The molecule has 0 saturated heterocycles. The van der Waals surface area contributed by atoms with Crippen LogP contribution in [-0.2, 0) is 15.9 Å². The normalized spacial score (nSPS) is 12.6. The molecule has 262 valence electrons. The molecule has 2 atom stereocenters. The second kappa shape index (κ2) is 15.9. The minimum absolute atomic E-state index is 0.148. The van der Waals surface area contributed by atoms with Crippen LogP contribution in [0.15, 0.2) is 133 Å². The van der Waals surface area contributed by atoms with Gasteiger partial charge in [0.15, 0.2) is 11.6 Å². The van der Waals surface area contributed by atoms with Gasteiger partial charge in [0.2, 0.25) is 0 Å². The molecule has 2 unspecified atom stereocenters. The lowest BCUT2D eigenvalue weighted by atomic mass is 10.0. The van der Waals surface area contributed by atoms with Crippen LogP contribution in [0.2, 0.25) is 15.1 Å². The smallest absolute Gasteiger partial charge is 0.162 e. The van der Waals surface area contributed by atoms with Gasteiger partial charge >= 0.3 is 0 Å². The summed E-state index contributed by atoms with van der Waals surface area (Å²) < 4.78 is 16.0. The standard InChI is InChI=1S/C43H37Cl3N4O2/c1-28(51-2)38(52-3)27-26-37-40(31-20-10-13-23-34(31)44)48-42(32-21-11-14-24-35(32)45)49(37)50-41(30-18-8-5-9-19-30)39(29-16-6-4-7-17-29)47-43(50)33-22-12-15-25-36(33)46/h4-25,28,38H,26-27H2,1-3H3. The van der Waals surface area contributed by atoms with Gasteiger partial charge in [0.25, 0.3) is 0 Å². The number of ether oxygens (including phenoxy) is 2. The van der Waals surface area contributed by atoms with E-state index in [1.807, 2.05) is 116 Å². The van der Waals surface area contributed by atoms with E-state index in [2.05, 4.69) is 33.6 Å². The quantitative estimate of drug-likeness (QED) is 0.125. The molecule has 0 aliphatic rings. The molecule has 0 amide bonds. The van der Waals surface area contributed by atoms with E-state index in [1.54, 1.807) is 14.2 Å². The second-order valence-electron chi connectivity index (χ2n) is 12.4. The molecule has 0 bridgehead atoms. The first-order valence-corrected chi connectivity index (χ1v) is 18.2. The van der Waals surface area contributed by atoms with Gasteiger partial charge < -0.3 is 9.47 Å². The van der Waals surface area contributed by atoms with Crippen molar-refractivity contribution in [2.75, 3.05) is 14.2 Å². The molecule has 7 rings (SSSR count). The van der Waals surface area contributed by atoms with Crippen LogP contribution >= 0.6 is 34.8 Å². The predicted molar refractivity (Wildman–Crippen MR) is 213 cm³/mol. The highest BCUT2D eigenvalue weighted by atomic mass is 35.5. The first-order chi connectivity index (χ1) is 25.4. The number of nitrogens with zero attached hydrogens (tertiary/aromatic N) is 4. The Morgan fingerprint density at radius 1 is 0.538 bits per heavy atom. The number of methoxy groups -OCH3 is 2. The molecular formula is C43H37Cl3N4O2. The molecule has 7 aromatic rings. The molecule has 6 nitrogen and oxygen atoms in total. The summed E-state index contributed by atoms with van der Waals surface area (Å²) in [5.74, 6) is 1.25. The van der Waals surface area contributed by atoms with Crippen LogP contribution in [0.25, 0.3) is 56.5 Å². The summed E-state index contributed by atoms with van der Waals surface area (Å²) in [6, 6.07) is 43.7. The van der Waals surface area contributed by atoms with E-state index in [1.165, 1.54) is 0 Å². The van der Waals surface area contributed by atoms with Crippen LogP contribution < -0.4 is 0 Å². The third-order valence-corrected chi connectivity index (χ3v) is 10.3. The van der Waals surface area contributed by atoms with Gasteiger partial charge in [-0.15, -0.1) is 0 Å². The molecule has 0 saturated carbocycles. The van der Waals surface area contributed by atoms with E-state index >= 15 is 0 Å². The maximum atomic E-state index is 7.05. The van der Waals surface area contributed by atoms with Gasteiger partial charge in [0.1, 0.15) is 0 Å². The van der Waals surface area contributed by atoms with E-state index < -0.39 is 0 Å². The molecule has 0 radical (unpaired) electrons. The van der Waals surface area contributed by atoms with Crippen LogP contribution in [0.4, 0.5) is 0 Å². The Morgan fingerprint density at radius 2 is 1.00 bits per heavy atom. The van der Waals surface area contributed by atoms with E-state index in [0.29, 0.717) is 39.6 Å². The number of aromatic nitrogens is 4. The Bertz CT molecular complexity index is 2300. The van der Waals surface area contributed by atoms with Gasteiger partial charge in [-0.2, -0.15) is 0 Å². The number of hydrogen-bond donors (Lipinski definition) is 0. The zero-order chi connectivity index (χ0) is 36.2. The van der Waals surface area contributed by atoms with E-state index in [-0.39, 0.29) is 12.2 Å². The molecule has 5 aromatic carbocycles. The average molecular weight is 748 g/mol. The number of rotatable bonds is 12. The Kier molecular flexibility index (Phi) is 10.9. The third-order valence-electron chi connectivity index (χ3n) is 9.32. The fourth-order valence-corrected chi connectivity index (χ4v) is 7.29. The first-order valence-electron chi connectivity index (χ1n) is 17.1. The van der Waals surface area contributed by atoms with E-state index in [0.717, 1.165) is 50.6 Å². The minimum Gasteiger partial charge on any atom is -0.379 e. The zero-order valence-electron chi connectivity index (χ0n) is 29.0. The topological polar surface area (TPSA) is 54.1 Å². The fraction of sp³-hybridized carbons (Fsp3) is 0.163. The monoisotopic (exact) mass is 746 g/mol. The van der Waals surface area contributed by atoms with Crippen LogP contribution in [0.3, 0.4) is 0 Å². The van der Waals surface area contributed by atoms with Crippen LogP contribution in [0.1, 0.15) is 19.0 Å². The van der Waals surface area contributed by atoms with Gasteiger partial charge in [-0.25, -0.2) is 19.3 Å². The third kappa shape index (κ3) is 6.93. The van der Waals surface area contributed by atoms with Crippen LogP contribution in [0, 0.1) is 0 Å². The number of halogens is 3. The van der Waals surface area contributed by atoms with E-state index in [9.17, 15) is 0 Å². The van der Waals surface area contributed by atoms with Crippen molar-refractivity contribution in [3.63, 3.8) is 0 Å². The molecule has 0 aliphatic carbocycles. The van der Waals surface area contributed by atoms with Gasteiger partial charge in [0, 0.05) is 42.0 Å². The Morgan fingerprint density at radius 3 is 1.52 bits per heavy atom. The van der Waals surface area contributed by atoms with Gasteiger partial charge in [-0.3, -0.25) is 0 Å². The molecule has 52 heavy (non-hydrogen) atoms. The summed E-state index contributed by atoms with van der Waals surface area (Å²) in [6.45, 7) is 2.01. The molecule has 0 spiro atoms. The highest BCUT2D eigenvalue weighted by Crippen LogP contribution is 2.43. The number of imidazole rings is 2. The Labute approximate surface area is 319 Å². The SMILES string of the molecule is COC(C)C(CCc1c(-c2ccccc2Cl)nc(-c2ccccc2Cl)n1-n1c(-c2ccccc2Cl)nc(-c2ccccc2)c1-c1ccccc1)OC. The lowest BCUT2D eigenvalue weighted by Crippen LogP contribution is -2.28. The lowest BCUT2D eigenvalue weighted by Gasteiger charge is -2.24. The van der Waals surface area contributed by atoms with Crippen molar-refractivity contribution in [1.82, 2.24) is 19.3 Å². The van der Waals surface area contributed by atoms with Crippen molar-refractivity contribution in [2.24, 2.45) is 0 Å².